The van der Waals surface area contributed by atoms with Gasteiger partial charge in [-0.1, -0.05) is 31.5 Å². The highest BCUT2D eigenvalue weighted by Crippen LogP contribution is 2.14. The minimum Gasteiger partial charge on any atom is -0.369 e. The monoisotopic (exact) mass is 259 g/mol. The third kappa shape index (κ3) is 5.76. The Kier molecular flexibility index (Phi) is 6.99. The first-order valence-corrected chi connectivity index (χ1v) is 7.13. The van der Waals surface area contributed by atoms with Gasteiger partial charge in [-0.15, -0.1) is 0 Å². The van der Waals surface area contributed by atoms with Crippen molar-refractivity contribution >= 4 is 5.69 Å². The molecule has 0 aromatic heterocycles. The van der Waals surface area contributed by atoms with Crippen LogP contribution < -0.4 is 10.2 Å². The zero-order chi connectivity index (χ0) is 14.1. The molecule has 0 heterocycles. The molecule has 0 aliphatic rings. The van der Waals surface area contributed by atoms with Crippen molar-refractivity contribution in [1.82, 2.24) is 5.32 Å². The lowest BCUT2D eigenvalue weighted by Gasteiger charge is -2.28. The average Bonchev–Trinajstić information content (AvgIpc) is 2.42. The first kappa shape index (κ1) is 15.5. The fourth-order valence-electron chi connectivity index (χ4n) is 2.07. The number of nitrogens with zero attached hydrogens (tertiary/aromatic N) is 2. The van der Waals surface area contributed by atoms with Gasteiger partial charge in [-0.05, 0) is 32.4 Å². The molecule has 0 spiro atoms. The standard InChI is InChI=1S/C16H25N3/c1-4-5-11-19(16-9-7-6-8-10-16)13-15(12-17)18-14(2)3/h6-10,14-15,18H,4-5,11,13H2,1-3H3. The molecular formula is C16H25N3. The van der Waals surface area contributed by atoms with Crippen molar-refractivity contribution in [3.8, 4) is 6.07 Å². The van der Waals surface area contributed by atoms with Gasteiger partial charge in [0.2, 0.25) is 0 Å². The molecular weight excluding hydrogens is 234 g/mol. The van der Waals surface area contributed by atoms with Crippen molar-refractivity contribution in [3.05, 3.63) is 30.3 Å². The van der Waals surface area contributed by atoms with Crippen LogP contribution in [0.5, 0.6) is 0 Å². The summed E-state index contributed by atoms with van der Waals surface area (Å²) in [5.41, 5.74) is 1.20. The van der Waals surface area contributed by atoms with E-state index in [4.69, 9.17) is 0 Å². The Morgan fingerprint density at radius 3 is 2.47 bits per heavy atom. The molecule has 0 amide bonds. The van der Waals surface area contributed by atoms with Crippen molar-refractivity contribution in [2.45, 2.75) is 45.7 Å². The first-order valence-electron chi connectivity index (χ1n) is 7.13. The van der Waals surface area contributed by atoms with Crippen LogP contribution in [0.15, 0.2) is 30.3 Å². The Hall–Kier alpha value is -1.53. The van der Waals surface area contributed by atoms with Crippen LogP contribution in [0.1, 0.15) is 33.6 Å². The Labute approximate surface area is 117 Å². The number of nitriles is 1. The minimum absolute atomic E-state index is 0.128. The van der Waals surface area contributed by atoms with Crippen LogP contribution in [-0.2, 0) is 0 Å². The highest BCUT2D eigenvalue weighted by Gasteiger charge is 2.14. The molecule has 0 aliphatic heterocycles. The van der Waals surface area contributed by atoms with Crippen LogP contribution in [0.3, 0.4) is 0 Å². The quantitative estimate of drug-likeness (QED) is 0.779. The lowest BCUT2D eigenvalue weighted by Crippen LogP contribution is -2.43. The van der Waals surface area contributed by atoms with Gasteiger partial charge in [-0.3, -0.25) is 5.32 Å². The van der Waals surface area contributed by atoms with Crippen molar-refractivity contribution in [3.63, 3.8) is 0 Å². The number of rotatable bonds is 8. The highest BCUT2D eigenvalue weighted by molar-refractivity contribution is 5.46. The zero-order valence-corrected chi connectivity index (χ0v) is 12.3. The second-order valence-corrected chi connectivity index (χ2v) is 5.14. The molecule has 1 N–H and O–H groups in total. The summed E-state index contributed by atoms with van der Waals surface area (Å²) in [6.45, 7) is 8.07. The van der Waals surface area contributed by atoms with Crippen LogP contribution in [0.2, 0.25) is 0 Å². The van der Waals surface area contributed by atoms with E-state index in [0.717, 1.165) is 25.9 Å². The van der Waals surface area contributed by atoms with Gasteiger partial charge in [-0.25, -0.2) is 0 Å². The zero-order valence-electron chi connectivity index (χ0n) is 12.3. The van der Waals surface area contributed by atoms with E-state index in [1.165, 1.54) is 5.69 Å². The smallest absolute Gasteiger partial charge is 0.113 e. The Morgan fingerprint density at radius 1 is 1.26 bits per heavy atom. The Morgan fingerprint density at radius 2 is 1.95 bits per heavy atom. The molecule has 0 radical (unpaired) electrons. The van der Waals surface area contributed by atoms with E-state index in [9.17, 15) is 5.26 Å². The van der Waals surface area contributed by atoms with Gasteiger partial charge in [0.05, 0.1) is 6.07 Å². The van der Waals surface area contributed by atoms with Gasteiger partial charge in [0.1, 0.15) is 6.04 Å². The number of nitrogens with one attached hydrogen (secondary N) is 1. The lowest BCUT2D eigenvalue weighted by molar-refractivity contribution is 0.518. The van der Waals surface area contributed by atoms with E-state index >= 15 is 0 Å². The molecule has 3 heteroatoms. The fraction of sp³-hybridized carbons (Fsp3) is 0.562. The molecule has 1 aromatic rings. The van der Waals surface area contributed by atoms with E-state index in [1.807, 2.05) is 18.2 Å². The number of benzene rings is 1. The Balaban J connectivity index is 2.71. The maximum atomic E-state index is 9.26. The highest BCUT2D eigenvalue weighted by atomic mass is 15.2. The second kappa shape index (κ2) is 8.55. The van der Waals surface area contributed by atoms with Gasteiger partial charge < -0.3 is 4.90 Å². The van der Waals surface area contributed by atoms with Gasteiger partial charge in [-0.2, -0.15) is 5.26 Å². The lowest BCUT2D eigenvalue weighted by atomic mass is 10.2. The van der Waals surface area contributed by atoms with Crippen molar-refractivity contribution < 1.29 is 0 Å². The maximum absolute atomic E-state index is 9.26. The van der Waals surface area contributed by atoms with Crippen LogP contribution in [-0.4, -0.2) is 25.2 Å². The molecule has 3 nitrogen and oxygen atoms in total. The summed E-state index contributed by atoms with van der Waals surface area (Å²) in [7, 11) is 0. The molecule has 0 saturated carbocycles. The van der Waals surface area contributed by atoms with Crippen LogP contribution >= 0.6 is 0 Å². The predicted octanol–water partition coefficient (Wildman–Crippen LogP) is 3.18. The van der Waals surface area contributed by atoms with Crippen LogP contribution in [0, 0.1) is 11.3 Å². The Bertz CT molecular complexity index is 381. The maximum Gasteiger partial charge on any atom is 0.113 e. The van der Waals surface area contributed by atoms with E-state index < -0.39 is 0 Å². The van der Waals surface area contributed by atoms with Crippen molar-refractivity contribution in [1.29, 1.82) is 5.26 Å². The van der Waals surface area contributed by atoms with E-state index in [1.54, 1.807) is 0 Å². The van der Waals surface area contributed by atoms with E-state index in [0.29, 0.717) is 6.04 Å². The molecule has 1 rings (SSSR count). The summed E-state index contributed by atoms with van der Waals surface area (Å²) >= 11 is 0. The van der Waals surface area contributed by atoms with Gasteiger partial charge >= 0.3 is 0 Å². The molecule has 1 unspecified atom stereocenters. The van der Waals surface area contributed by atoms with Gasteiger partial charge in [0, 0.05) is 24.8 Å². The second-order valence-electron chi connectivity index (χ2n) is 5.14. The normalized spacial score (nSPS) is 12.2. The first-order chi connectivity index (χ1) is 9.17. The summed E-state index contributed by atoms with van der Waals surface area (Å²) in [5.74, 6) is 0. The number of hydrogen-bond donors (Lipinski definition) is 1. The fourth-order valence-corrected chi connectivity index (χ4v) is 2.07. The number of unbranched alkanes of at least 4 members (excludes halogenated alkanes) is 1. The molecule has 0 bridgehead atoms. The summed E-state index contributed by atoms with van der Waals surface area (Å²) in [6.07, 6.45) is 2.31. The third-order valence-corrected chi connectivity index (χ3v) is 3.00. The van der Waals surface area contributed by atoms with Gasteiger partial charge in [0.25, 0.3) is 0 Å². The average molecular weight is 259 g/mol. The summed E-state index contributed by atoms with van der Waals surface area (Å²) in [4.78, 5) is 2.30. The molecule has 1 atom stereocenters. The SMILES string of the molecule is CCCCN(CC(C#N)NC(C)C)c1ccccc1. The summed E-state index contributed by atoms with van der Waals surface area (Å²) < 4.78 is 0. The number of para-hydroxylation sites is 1. The van der Waals surface area contributed by atoms with Crippen molar-refractivity contribution in [2.75, 3.05) is 18.0 Å². The van der Waals surface area contributed by atoms with Crippen molar-refractivity contribution in [2.24, 2.45) is 0 Å². The van der Waals surface area contributed by atoms with E-state index in [2.05, 4.69) is 49.2 Å². The molecule has 104 valence electrons. The number of hydrogen-bond acceptors (Lipinski definition) is 3. The summed E-state index contributed by atoms with van der Waals surface area (Å²) in [6, 6.07) is 12.9. The molecule has 0 aliphatic carbocycles. The van der Waals surface area contributed by atoms with Crippen LogP contribution in [0.25, 0.3) is 0 Å². The van der Waals surface area contributed by atoms with E-state index in [-0.39, 0.29) is 6.04 Å². The predicted molar refractivity (Wildman–Crippen MR) is 81.2 cm³/mol. The third-order valence-electron chi connectivity index (χ3n) is 3.00. The largest absolute Gasteiger partial charge is 0.369 e. The van der Waals surface area contributed by atoms with Gasteiger partial charge in [0.15, 0.2) is 0 Å². The van der Waals surface area contributed by atoms with Crippen LogP contribution in [0.4, 0.5) is 5.69 Å². The number of anilines is 1. The summed E-state index contributed by atoms with van der Waals surface area (Å²) in [5, 5.41) is 12.6. The minimum atomic E-state index is -0.128. The topological polar surface area (TPSA) is 39.1 Å². The molecule has 0 fully saturated rings. The molecule has 1 aromatic carbocycles. The molecule has 0 saturated heterocycles. The molecule has 19 heavy (non-hydrogen) atoms.